The second-order valence-electron chi connectivity index (χ2n) is 4.01. The number of carbonyl (C=O) groups is 1. The molecule has 2 nitrogen and oxygen atoms in total. The maximum Gasteiger partial charge on any atom is 0.308 e. The zero-order valence-electron chi connectivity index (χ0n) is 7.38. The number of ether oxygens (including phenoxy) is 1. The lowest BCUT2D eigenvalue weighted by atomic mass is 9.60. The molecule has 2 aliphatic rings. The number of methoxy groups -OCH3 is 1. The lowest BCUT2D eigenvalue weighted by Crippen LogP contribution is -2.39. The van der Waals surface area contributed by atoms with E-state index in [0.29, 0.717) is 5.41 Å². The number of rotatable bonds is 1. The number of esters is 1. The fourth-order valence-electron chi connectivity index (χ4n) is 2.40. The van der Waals surface area contributed by atoms with Gasteiger partial charge >= 0.3 is 5.97 Å². The van der Waals surface area contributed by atoms with E-state index in [9.17, 15) is 4.79 Å². The van der Waals surface area contributed by atoms with Crippen LogP contribution in [0.3, 0.4) is 0 Å². The molecule has 0 aromatic carbocycles. The zero-order chi connectivity index (χ0) is 8.60. The second-order valence-corrected chi connectivity index (χ2v) is 4.01. The van der Waals surface area contributed by atoms with Crippen LogP contribution in [0.4, 0.5) is 0 Å². The highest BCUT2D eigenvalue weighted by Gasteiger charge is 2.47. The number of allylic oxidation sites excluding steroid dienone is 2. The minimum Gasteiger partial charge on any atom is -0.469 e. The van der Waals surface area contributed by atoms with E-state index in [1.807, 2.05) is 0 Å². The smallest absolute Gasteiger partial charge is 0.308 e. The lowest BCUT2D eigenvalue weighted by molar-refractivity contribution is -0.153. The van der Waals surface area contributed by atoms with Gasteiger partial charge in [0.05, 0.1) is 13.0 Å². The number of carbonyl (C=O) groups excluding carboxylic acids is 1. The fourth-order valence-corrected chi connectivity index (χ4v) is 2.40. The highest BCUT2D eigenvalue weighted by molar-refractivity contribution is 5.73. The van der Waals surface area contributed by atoms with Crippen LogP contribution in [0.5, 0.6) is 0 Å². The highest BCUT2D eigenvalue weighted by Crippen LogP contribution is 2.53. The average Bonchev–Trinajstić information content (AvgIpc) is 2.48. The van der Waals surface area contributed by atoms with Gasteiger partial charge in [-0.2, -0.15) is 0 Å². The van der Waals surface area contributed by atoms with Crippen molar-refractivity contribution in [2.75, 3.05) is 7.11 Å². The molecule has 66 valence electrons. The molecule has 0 aromatic rings. The maximum atomic E-state index is 11.1. The van der Waals surface area contributed by atoms with Gasteiger partial charge in [0.25, 0.3) is 0 Å². The molecule has 2 heteroatoms. The van der Waals surface area contributed by atoms with Crippen molar-refractivity contribution >= 4 is 5.97 Å². The summed E-state index contributed by atoms with van der Waals surface area (Å²) in [5.41, 5.74) is 0.457. The SMILES string of the molecule is COC(=O)C1CC2(CC=CC2)C1. The molecule has 0 aliphatic heterocycles. The monoisotopic (exact) mass is 166 g/mol. The molecular weight excluding hydrogens is 152 g/mol. The van der Waals surface area contributed by atoms with Crippen molar-refractivity contribution in [3.63, 3.8) is 0 Å². The standard InChI is InChI=1S/C10H14O2/c1-12-9(11)8-6-10(7-8)4-2-3-5-10/h2-3,8H,4-7H2,1H3. The summed E-state index contributed by atoms with van der Waals surface area (Å²) >= 11 is 0. The molecule has 1 spiro atoms. The molecular formula is C10H14O2. The van der Waals surface area contributed by atoms with Gasteiger partial charge in [-0.1, -0.05) is 12.2 Å². The van der Waals surface area contributed by atoms with Crippen molar-refractivity contribution in [1.29, 1.82) is 0 Å². The van der Waals surface area contributed by atoms with Crippen LogP contribution in [-0.4, -0.2) is 13.1 Å². The zero-order valence-corrected chi connectivity index (χ0v) is 7.38. The van der Waals surface area contributed by atoms with E-state index in [-0.39, 0.29) is 11.9 Å². The van der Waals surface area contributed by atoms with Crippen molar-refractivity contribution in [1.82, 2.24) is 0 Å². The average molecular weight is 166 g/mol. The molecule has 0 aromatic heterocycles. The molecule has 2 aliphatic carbocycles. The van der Waals surface area contributed by atoms with Gasteiger partial charge in [-0.05, 0) is 31.1 Å². The summed E-state index contributed by atoms with van der Waals surface area (Å²) in [6, 6.07) is 0. The first-order valence-corrected chi connectivity index (χ1v) is 4.49. The van der Waals surface area contributed by atoms with Crippen LogP contribution in [0.25, 0.3) is 0 Å². The van der Waals surface area contributed by atoms with E-state index in [4.69, 9.17) is 4.74 Å². The van der Waals surface area contributed by atoms with Gasteiger partial charge in [-0.25, -0.2) is 0 Å². The summed E-state index contributed by atoms with van der Waals surface area (Å²) in [5.74, 6) is 0.169. The van der Waals surface area contributed by atoms with Crippen molar-refractivity contribution < 1.29 is 9.53 Å². The minimum absolute atomic E-state index is 0.0208. The normalized spacial score (nSPS) is 25.8. The Hall–Kier alpha value is -0.790. The molecule has 12 heavy (non-hydrogen) atoms. The minimum atomic E-state index is -0.0208. The molecule has 0 radical (unpaired) electrons. The molecule has 0 unspecified atom stereocenters. The Morgan fingerprint density at radius 2 is 2.00 bits per heavy atom. The Morgan fingerprint density at radius 1 is 1.42 bits per heavy atom. The summed E-state index contributed by atoms with van der Waals surface area (Å²) in [6.07, 6.45) is 8.86. The van der Waals surface area contributed by atoms with Gasteiger partial charge in [0.15, 0.2) is 0 Å². The summed E-state index contributed by atoms with van der Waals surface area (Å²) in [4.78, 5) is 11.1. The van der Waals surface area contributed by atoms with E-state index in [1.165, 1.54) is 20.0 Å². The van der Waals surface area contributed by atoms with Crippen LogP contribution < -0.4 is 0 Å². The van der Waals surface area contributed by atoms with Crippen molar-refractivity contribution in [2.24, 2.45) is 11.3 Å². The third-order valence-corrected chi connectivity index (χ3v) is 3.16. The van der Waals surface area contributed by atoms with Crippen LogP contribution in [0, 0.1) is 11.3 Å². The van der Waals surface area contributed by atoms with Gasteiger partial charge in [0.2, 0.25) is 0 Å². The first-order chi connectivity index (χ1) is 5.76. The highest BCUT2D eigenvalue weighted by atomic mass is 16.5. The number of hydrogen-bond acceptors (Lipinski definition) is 2. The molecule has 2 rings (SSSR count). The largest absolute Gasteiger partial charge is 0.469 e. The third kappa shape index (κ3) is 1.06. The van der Waals surface area contributed by atoms with Crippen molar-refractivity contribution in [3.05, 3.63) is 12.2 Å². The van der Waals surface area contributed by atoms with Crippen LogP contribution in [0.15, 0.2) is 12.2 Å². The summed E-state index contributed by atoms with van der Waals surface area (Å²) in [6.45, 7) is 0. The molecule has 0 bridgehead atoms. The molecule has 1 saturated carbocycles. The van der Waals surface area contributed by atoms with Crippen LogP contribution in [0.2, 0.25) is 0 Å². The van der Waals surface area contributed by atoms with Gasteiger partial charge in [0.1, 0.15) is 0 Å². The fraction of sp³-hybridized carbons (Fsp3) is 0.700. The van der Waals surface area contributed by atoms with E-state index < -0.39 is 0 Å². The lowest BCUT2D eigenvalue weighted by Gasteiger charge is -2.43. The van der Waals surface area contributed by atoms with Crippen LogP contribution in [0.1, 0.15) is 25.7 Å². The van der Waals surface area contributed by atoms with Crippen LogP contribution >= 0.6 is 0 Å². The summed E-state index contributed by atoms with van der Waals surface area (Å²) in [5, 5.41) is 0. The van der Waals surface area contributed by atoms with Gasteiger partial charge in [-0.15, -0.1) is 0 Å². The predicted octanol–water partition coefficient (Wildman–Crippen LogP) is 1.91. The molecule has 0 saturated heterocycles. The Morgan fingerprint density at radius 3 is 2.50 bits per heavy atom. The summed E-state index contributed by atoms with van der Waals surface area (Å²) < 4.78 is 4.70. The predicted molar refractivity (Wildman–Crippen MR) is 45.5 cm³/mol. The first-order valence-electron chi connectivity index (χ1n) is 4.49. The Kier molecular flexibility index (Phi) is 1.71. The topological polar surface area (TPSA) is 26.3 Å². The van der Waals surface area contributed by atoms with E-state index in [0.717, 1.165) is 12.8 Å². The van der Waals surface area contributed by atoms with Crippen LogP contribution in [-0.2, 0) is 9.53 Å². The Balaban J connectivity index is 1.87. The quantitative estimate of drug-likeness (QED) is 0.439. The molecule has 1 fully saturated rings. The third-order valence-electron chi connectivity index (χ3n) is 3.16. The van der Waals surface area contributed by atoms with E-state index in [1.54, 1.807) is 0 Å². The van der Waals surface area contributed by atoms with Crippen molar-refractivity contribution in [2.45, 2.75) is 25.7 Å². The molecule has 0 atom stereocenters. The van der Waals surface area contributed by atoms with Gasteiger partial charge in [-0.3, -0.25) is 4.79 Å². The van der Waals surface area contributed by atoms with Crippen molar-refractivity contribution in [3.8, 4) is 0 Å². The first kappa shape index (κ1) is 7.84. The Bertz CT molecular complexity index is 214. The van der Waals surface area contributed by atoms with E-state index >= 15 is 0 Å². The molecule has 0 N–H and O–H groups in total. The Labute approximate surface area is 72.6 Å². The number of hydrogen-bond donors (Lipinski definition) is 0. The second kappa shape index (κ2) is 2.61. The van der Waals surface area contributed by atoms with E-state index in [2.05, 4.69) is 12.2 Å². The molecule has 0 amide bonds. The van der Waals surface area contributed by atoms with Gasteiger partial charge < -0.3 is 4.74 Å². The molecule has 0 heterocycles. The van der Waals surface area contributed by atoms with Gasteiger partial charge in [0, 0.05) is 0 Å². The maximum absolute atomic E-state index is 11.1. The summed E-state index contributed by atoms with van der Waals surface area (Å²) in [7, 11) is 1.47.